The summed E-state index contributed by atoms with van der Waals surface area (Å²) in [6.45, 7) is 7.90. The van der Waals surface area contributed by atoms with Crippen molar-refractivity contribution in [1.82, 2.24) is 14.7 Å². The smallest absolute Gasteiger partial charge is 0.320 e. The minimum absolute atomic E-state index is 0.156. The van der Waals surface area contributed by atoms with Crippen LogP contribution in [-0.4, -0.2) is 97.4 Å². The average molecular weight is 271 g/mol. The highest BCUT2D eigenvalue weighted by molar-refractivity contribution is 5.71. The molecule has 0 unspecified atom stereocenters. The molecule has 0 aliphatic carbocycles. The van der Waals surface area contributed by atoms with Gasteiger partial charge in [-0.2, -0.15) is 0 Å². The van der Waals surface area contributed by atoms with Gasteiger partial charge in [-0.05, 0) is 14.0 Å². The van der Waals surface area contributed by atoms with Crippen molar-refractivity contribution in [3.05, 3.63) is 0 Å². The molecule has 2 atom stereocenters. The third-order valence-electron chi connectivity index (χ3n) is 4.00. The normalized spacial score (nSPS) is 30.7. The van der Waals surface area contributed by atoms with Crippen molar-refractivity contribution < 1.29 is 14.6 Å². The van der Waals surface area contributed by atoms with Crippen LogP contribution in [-0.2, 0) is 9.53 Å². The molecule has 0 aromatic rings. The number of nitrogens with zero attached hydrogens (tertiary/aromatic N) is 3. The second-order valence-electron chi connectivity index (χ2n) is 5.47. The van der Waals surface area contributed by atoms with Gasteiger partial charge in [-0.25, -0.2) is 0 Å². The first-order valence-corrected chi connectivity index (χ1v) is 7.08. The van der Waals surface area contributed by atoms with Crippen molar-refractivity contribution in [2.45, 2.75) is 19.1 Å². The topological polar surface area (TPSA) is 56.2 Å². The van der Waals surface area contributed by atoms with Crippen molar-refractivity contribution in [3.63, 3.8) is 0 Å². The maximum atomic E-state index is 11.5. The molecule has 2 fully saturated rings. The number of β-amino-alcohol motifs (C(OH)–C–C–N with tert-alkyl or cyclic N) is 1. The maximum Gasteiger partial charge on any atom is 0.320 e. The lowest BCUT2D eigenvalue weighted by Gasteiger charge is -2.37. The number of piperazine rings is 1. The summed E-state index contributed by atoms with van der Waals surface area (Å²) in [6.07, 6.45) is -0.363. The molecule has 0 saturated carbocycles. The number of carbonyl (C=O) groups excluding carboxylic acids is 1. The zero-order valence-electron chi connectivity index (χ0n) is 11.9. The fraction of sp³-hybridized carbons (Fsp3) is 0.923. The van der Waals surface area contributed by atoms with Gasteiger partial charge in [0.25, 0.3) is 0 Å². The van der Waals surface area contributed by atoms with E-state index in [0.717, 1.165) is 32.7 Å². The molecule has 6 heteroatoms. The third kappa shape index (κ3) is 3.89. The number of likely N-dealkylation sites (tertiary alicyclic amines) is 1. The first kappa shape index (κ1) is 14.7. The summed E-state index contributed by atoms with van der Waals surface area (Å²) in [7, 11) is 2.12. The lowest BCUT2D eigenvalue weighted by Crippen LogP contribution is -2.52. The zero-order chi connectivity index (χ0) is 13.8. The Hall–Kier alpha value is -0.690. The van der Waals surface area contributed by atoms with Crippen LogP contribution in [0.2, 0.25) is 0 Å². The number of carbonyl (C=O) groups is 1. The highest BCUT2D eigenvalue weighted by atomic mass is 16.5. The highest BCUT2D eigenvalue weighted by Crippen LogP contribution is 2.17. The van der Waals surface area contributed by atoms with Crippen LogP contribution < -0.4 is 0 Å². The molecule has 0 radical (unpaired) electrons. The minimum atomic E-state index is -0.363. The van der Waals surface area contributed by atoms with Crippen LogP contribution in [0.3, 0.4) is 0 Å². The largest absolute Gasteiger partial charge is 0.465 e. The maximum absolute atomic E-state index is 11.5. The standard InChI is InChI=1S/C13H25N3O3/c1-3-19-13(18)10-15-8-11(12(17)9-15)16-6-4-14(2)5-7-16/h11-12,17H,3-10H2,1-2H3/t11-,12-/m1/s1. The van der Waals surface area contributed by atoms with Crippen molar-refractivity contribution in [2.24, 2.45) is 0 Å². The van der Waals surface area contributed by atoms with Crippen LogP contribution in [0.1, 0.15) is 6.92 Å². The van der Waals surface area contributed by atoms with E-state index >= 15 is 0 Å². The summed E-state index contributed by atoms with van der Waals surface area (Å²) in [5, 5.41) is 10.2. The van der Waals surface area contributed by atoms with E-state index in [1.165, 1.54) is 0 Å². The number of likely N-dealkylation sites (N-methyl/N-ethyl adjacent to an activating group) is 1. The number of esters is 1. The minimum Gasteiger partial charge on any atom is -0.465 e. The molecule has 19 heavy (non-hydrogen) atoms. The molecule has 6 nitrogen and oxygen atoms in total. The molecule has 0 bridgehead atoms. The Bertz CT molecular complexity index is 306. The van der Waals surface area contributed by atoms with Crippen molar-refractivity contribution in [1.29, 1.82) is 0 Å². The van der Waals surface area contributed by atoms with Gasteiger partial charge < -0.3 is 14.7 Å². The number of aliphatic hydroxyl groups excluding tert-OH is 1. The van der Waals surface area contributed by atoms with Crippen LogP contribution in [0.15, 0.2) is 0 Å². The summed E-state index contributed by atoms with van der Waals surface area (Å²) >= 11 is 0. The molecule has 2 saturated heterocycles. The van der Waals surface area contributed by atoms with Gasteiger partial charge >= 0.3 is 5.97 Å². The summed E-state index contributed by atoms with van der Waals surface area (Å²) in [5.74, 6) is -0.200. The summed E-state index contributed by atoms with van der Waals surface area (Å²) in [6, 6.07) is 0.156. The summed E-state index contributed by atoms with van der Waals surface area (Å²) in [5.41, 5.74) is 0. The molecule has 0 aromatic heterocycles. The number of aliphatic hydroxyl groups is 1. The summed E-state index contributed by atoms with van der Waals surface area (Å²) < 4.78 is 4.95. The van der Waals surface area contributed by atoms with Crippen LogP contribution in [0.5, 0.6) is 0 Å². The van der Waals surface area contributed by atoms with E-state index in [4.69, 9.17) is 4.74 Å². The van der Waals surface area contributed by atoms with Gasteiger partial charge in [0.15, 0.2) is 0 Å². The third-order valence-corrected chi connectivity index (χ3v) is 4.00. The van der Waals surface area contributed by atoms with Gasteiger partial charge in [0, 0.05) is 45.3 Å². The fourth-order valence-corrected chi connectivity index (χ4v) is 2.88. The molecule has 2 rings (SSSR count). The van der Waals surface area contributed by atoms with E-state index in [2.05, 4.69) is 16.8 Å². The quantitative estimate of drug-likeness (QED) is 0.651. The first-order chi connectivity index (χ1) is 9.10. The lowest BCUT2D eigenvalue weighted by molar-refractivity contribution is -0.144. The van der Waals surface area contributed by atoms with Crippen LogP contribution in [0, 0.1) is 0 Å². The van der Waals surface area contributed by atoms with E-state index in [-0.39, 0.29) is 24.7 Å². The molecular formula is C13H25N3O3. The van der Waals surface area contributed by atoms with Crippen molar-refractivity contribution >= 4 is 5.97 Å². The number of hydrogen-bond acceptors (Lipinski definition) is 6. The Morgan fingerprint density at radius 2 is 1.95 bits per heavy atom. The Balaban J connectivity index is 1.82. The van der Waals surface area contributed by atoms with Crippen molar-refractivity contribution in [2.75, 3.05) is 59.5 Å². The molecular weight excluding hydrogens is 246 g/mol. The second-order valence-corrected chi connectivity index (χ2v) is 5.47. The Labute approximate surface area is 114 Å². The van der Waals surface area contributed by atoms with Crippen LogP contribution in [0.4, 0.5) is 0 Å². The molecule has 110 valence electrons. The van der Waals surface area contributed by atoms with Gasteiger partial charge in [-0.1, -0.05) is 0 Å². The molecule has 2 aliphatic heterocycles. The Morgan fingerprint density at radius 3 is 2.58 bits per heavy atom. The van der Waals surface area contributed by atoms with E-state index in [1.807, 2.05) is 11.8 Å². The monoisotopic (exact) mass is 271 g/mol. The predicted octanol–water partition coefficient (Wildman–Crippen LogP) is -1.16. The van der Waals surface area contributed by atoms with Crippen molar-refractivity contribution in [3.8, 4) is 0 Å². The zero-order valence-corrected chi connectivity index (χ0v) is 11.9. The second kappa shape index (κ2) is 6.65. The molecule has 2 aliphatic rings. The van der Waals surface area contributed by atoms with Gasteiger partial charge in [-0.3, -0.25) is 14.6 Å². The van der Waals surface area contributed by atoms with Crippen LogP contribution in [0.25, 0.3) is 0 Å². The molecule has 0 aromatic carbocycles. The van der Waals surface area contributed by atoms with Gasteiger partial charge in [0.2, 0.25) is 0 Å². The van der Waals surface area contributed by atoms with Crippen LogP contribution >= 0.6 is 0 Å². The Morgan fingerprint density at radius 1 is 1.26 bits per heavy atom. The van der Waals surface area contributed by atoms with Gasteiger partial charge in [0.05, 0.1) is 19.3 Å². The number of hydrogen-bond donors (Lipinski definition) is 1. The SMILES string of the molecule is CCOC(=O)CN1C[C@@H](O)[C@H](N2CCN(C)CC2)C1. The van der Waals surface area contributed by atoms with E-state index in [0.29, 0.717) is 13.2 Å². The average Bonchev–Trinajstić information content (AvgIpc) is 2.71. The first-order valence-electron chi connectivity index (χ1n) is 7.08. The molecule has 2 heterocycles. The van der Waals surface area contributed by atoms with E-state index in [9.17, 15) is 9.90 Å². The number of ether oxygens (including phenoxy) is 1. The predicted molar refractivity (Wildman–Crippen MR) is 71.9 cm³/mol. The molecule has 0 spiro atoms. The summed E-state index contributed by atoms with van der Waals surface area (Å²) in [4.78, 5) is 18.1. The number of rotatable bonds is 4. The molecule has 1 N–H and O–H groups in total. The van der Waals surface area contributed by atoms with Gasteiger partial charge in [0.1, 0.15) is 0 Å². The lowest BCUT2D eigenvalue weighted by atomic mass is 10.1. The van der Waals surface area contributed by atoms with Gasteiger partial charge in [-0.15, -0.1) is 0 Å². The van der Waals surface area contributed by atoms with E-state index in [1.54, 1.807) is 0 Å². The fourth-order valence-electron chi connectivity index (χ4n) is 2.88. The highest BCUT2D eigenvalue weighted by Gasteiger charge is 2.37. The van der Waals surface area contributed by atoms with E-state index < -0.39 is 0 Å². The Kier molecular flexibility index (Phi) is 5.15. The molecule has 0 amide bonds.